The minimum absolute atomic E-state index is 0.215. The Kier molecular flexibility index (Phi) is 3.84. The number of allylic oxidation sites excluding steroid dienone is 2. The highest BCUT2D eigenvalue weighted by atomic mass is 32.1. The van der Waals surface area contributed by atoms with Crippen molar-refractivity contribution in [2.24, 2.45) is 0 Å². The SMILES string of the molecule is Cc1nnc2sc(C(=O)NCC3=C=C=C(F)C=C3)c(N)c2c1C. The number of rotatable bonds is 3. The Morgan fingerprint density at radius 3 is 2.83 bits per heavy atom. The summed E-state index contributed by atoms with van der Waals surface area (Å²) in [4.78, 5) is 13.4. The third-order valence-electron chi connectivity index (χ3n) is 3.55. The molecule has 7 heteroatoms. The Hall–Kier alpha value is -2.72. The van der Waals surface area contributed by atoms with Gasteiger partial charge in [0.2, 0.25) is 0 Å². The van der Waals surface area contributed by atoms with Crippen LogP contribution in [0.1, 0.15) is 20.9 Å². The summed E-state index contributed by atoms with van der Waals surface area (Å²) < 4.78 is 12.8. The number of halogens is 1. The van der Waals surface area contributed by atoms with Crippen molar-refractivity contribution in [1.82, 2.24) is 15.5 Å². The summed E-state index contributed by atoms with van der Waals surface area (Å²) in [5.74, 6) is -0.793. The minimum atomic E-state index is -0.488. The van der Waals surface area contributed by atoms with Crippen molar-refractivity contribution in [2.75, 3.05) is 12.3 Å². The first kappa shape index (κ1) is 15.2. The van der Waals surface area contributed by atoms with Gasteiger partial charge in [0, 0.05) is 11.0 Å². The molecule has 0 aliphatic heterocycles. The van der Waals surface area contributed by atoms with Crippen molar-refractivity contribution < 1.29 is 9.18 Å². The number of aromatic nitrogens is 2. The quantitative estimate of drug-likeness (QED) is 0.849. The fourth-order valence-electron chi connectivity index (χ4n) is 2.17. The Balaban J connectivity index is 1.88. The third-order valence-corrected chi connectivity index (χ3v) is 4.64. The summed E-state index contributed by atoms with van der Waals surface area (Å²) in [6.45, 7) is 3.97. The topological polar surface area (TPSA) is 80.9 Å². The molecule has 0 unspecified atom stereocenters. The van der Waals surface area contributed by atoms with E-state index in [2.05, 4.69) is 27.0 Å². The molecule has 1 aliphatic rings. The molecule has 0 aromatic carbocycles. The number of fused-ring (bicyclic) bond motifs is 1. The van der Waals surface area contributed by atoms with E-state index in [1.165, 1.54) is 17.4 Å². The standard InChI is InChI=1S/C16H13FN4OS/c1-8-9(2)20-21-16-12(8)13(18)14(23-16)15(22)19-7-10-3-5-11(17)6-4-10/h3,5H,7,18H2,1-2H3,(H,19,22). The number of hydrogen-bond donors (Lipinski definition) is 2. The number of nitrogens with one attached hydrogen (secondary N) is 1. The molecule has 2 aromatic heterocycles. The van der Waals surface area contributed by atoms with Gasteiger partial charge in [0.1, 0.15) is 9.71 Å². The molecule has 2 aromatic rings. The van der Waals surface area contributed by atoms with Crippen molar-refractivity contribution in [1.29, 1.82) is 0 Å². The number of aryl methyl sites for hydroxylation is 2. The highest BCUT2D eigenvalue weighted by molar-refractivity contribution is 7.21. The van der Waals surface area contributed by atoms with Crippen molar-refractivity contribution >= 4 is 33.1 Å². The van der Waals surface area contributed by atoms with E-state index >= 15 is 0 Å². The van der Waals surface area contributed by atoms with Gasteiger partial charge in [-0.25, -0.2) is 0 Å². The number of nitrogen functional groups attached to an aromatic ring is 1. The first-order valence-electron chi connectivity index (χ1n) is 6.86. The van der Waals surface area contributed by atoms with Crippen LogP contribution in [0.5, 0.6) is 0 Å². The predicted molar refractivity (Wildman–Crippen MR) is 87.9 cm³/mol. The Morgan fingerprint density at radius 1 is 1.35 bits per heavy atom. The summed E-state index contributed by atoms with van der Waals surface area (Å²) in [5.41, 5.74) is 13.8. The molecule has 3 rings (SSSR count). The zero-order valence-electron chi connectivity index (χ0n) is 12.5. The molecule has 0 saturated heterocycles. The van der Waals surface area contributed by atoms with Gasteiger partial charge in [0.15, 0.2) is 5.83 Å². The summed E-state index contributed by atoms with van der Waals surface area (Å²) >= 11 is 1.20. The van der Waals surface area contributed by atoms with Gasteiger partial charge in [-0.2, -0.15) is 9.49 Å². The lowest BCUT2D eigenvalue weighted by Gasteiger charge is -2.04. The molecule has 23 heavy (non-hydrogen) atoms. The van der Waals surface area contributed by atoms with Crippen LogP contribution < -0.4 is 11.1 Å². The van der Waals surface area contributed by atoms with Crippen LogP contribution in [-0.2, 0) is 0 Å². The van der Waals surface area contributed by atoms with Crippen LogP contribution in [0.3, 0.4) is 0 Å². The zero-order valence-corrected chi connectivity index (χ0v) is 13.3. The van der Waals surface area contributed by atoms with E-state index in [1.54, 1.807) is 6.08 Å². The number of anilines is 1. The molecule has 0 atom stereocenters. The van der Waals surface area contributed by atoms with Crippen LogP contribution in [0.15, 0.2) is 35.0 Å². The minimum Gasteiger partial charge on any atom is -0.397 e. The maximum Gasteiger partial charge on any atom is 0.263 e. The molecule has 0 radical (unpaired) electrons. The van der Waals surface area contributed by atoms with Crippen LogP contribution in [0.4, 0.5) is 10.1 Å². The van der Waals surface area contributed by atoms with Crippen molar-refractivity contribution in [3.8, 4) is 0 Å². The molecular formula is C16H13FN4OS. The molecule has 3 N–H and O–H groups in total. The summed E-state index contributed by atoms with van der Waals surface area (Å²) in [6, 6.07) is 0. The van der Waals surface area contributed by atoms with Crippen molar-refractivity contribution in [3.63, 3.8) is 0 Å². The van der Waals surface area contributed by atoms with Crippen LogP contribution in [0.25, 0.3) is 10.2 Å². The van der Waals surface area contributed by atoms with Gasteiger partial charge in [-0.15, -0.1) is 16.4 Å². The van der Waals surface area contributed by atoms with Gasteiger partial charge in [-0.1, -0.05) is 5.73 Å². The van der Waals surface area contributed by atoms with Gasteiger partial charge in [0.05, 0.1) is 17.9 Å². The second kappa shape index (κ2) is 5.82. The number of amides is 1. The van der Waals surface area contributed by atoms with E-state index in [4.69, 9.17) is 5.73 Å². The lowest BCUT2D eigenvalue weighted by molar-refractivity contribution is 0.0962. The Labute approximate surface area is 135 Å². The number of thiophene rings is 1. The first-order valence-corrected chi connectivity index (χ1v) is 7.67. The van der Waals surface area contributed by atoms with Crippen molar-refractivity contribution in [3.05, 3.63) is 51.1 Å². The van der Waals surface area contributed by atoms with Crippen molar-refractivity contribution in [2.45, 2.75) is 13.8 Å². The Bertz CT molecular complexity index is 960. The van der Waals surface area contributed by atoms with Gasteiger partial charge >= 0.3 is 0 Å². The largest absolute Gasteiger partial charge is 0.397 e. The molecule has 1 aliphatic carbocycles. The summed E-state index contributed by atoms with van der Waals surface area (Å²) in [5, 5.41) is 11.7. The van der Waals surface area contributed by atoms with E-state index in [1.807, 2.05) is 13.8 Å². The number of nitrogens with zero attached hydrogens (tertiary/aromatic N) is 2. The molecule has 5 nitrogen and oxygen atoms in total. The van der Waals surface area contributed by atoms with Crippen LogP contribution in [0.2, 0.25) is 0 Å². The smallest absolute Gasteiger partial charge is 0.263 e. The van der Waals surface area contributed by atoms with E-state index in [-0.39, 0.29) is 12.5 Å². The number of carbonyl (C=O) groups excluding carboxylic acids is 1. The molecule has 0 fully saturated rings. The molecule has 116 valence electrons. The zero-order chi connectivity index (χ0) is 16.6. The number of carbonyl (C=O) groups is 1. The fourth-order valence-corrected chi connectivity index (χ4v) is 3.18. The maximum atomic E-state index is 12.8. The molecular weight excluding hydrogens is 315 g/mol. The van der Waals surface area contributed by atoms with E-state index in [0.717, 1.165) is 16.6 Å². The van der Waals surface area contributed by atoms with Gasteiger partial charge in [0.25, 0.3) is 5.91 Å². The molecule has 1 amide bonds. The second-order valence-corrected chi connectivity index (χ2v) is 6.07. The van der Waals surface area contributed by atoms with E-state index < -0.39 is 5.83 Å². The van der Waals surface area contributed by atoms with Gasteiger partial charge in [-0.3, -0.25) is 4.79 Å². The molecule has 0 spiro atoms. The van der Waals surface area contributed by atoms with Crippen LogP contribution in [0, 0.1) is 13.8 Å². The first-order chi connectivity index (χ1) is 11.0. The monoisotopic (exact) mass is 328 g/mol. The molecule has 0 saturated carbocycles. The fraction of sp³-hybridized carbons (Fsp3) is 0.188. The normalized spacial score (nSPS) is 13.2. The van der Waals surface area contributed by atoms with Gasteiger partial charge < -0.3 is 11.1 Å². The van der Waals surface area contributed by atoms with E-state index in [0.29, 0.717) is 21.0 Å². The van der Waals surface area contributed by atoms with E-state index in [9.17, 15) is 9.18 Å². The number of hydrogen-bond acceptors (Lipinski definition) is 5. The van der Waals surface area contributed by atoms with Gasteiger partial charge in [-0.05, 0) is 37.3 Å². The highest BCUT2D eigenvalue weighted by Crippen LogP contribution is 2.34. The second-order valence-electron chi connectivity index (χ2n) is 5.07. The summed E-state index contributed by atoms with van der Waals surface area (Å²) in [7, 11) is 0. The predicted octanol–water partition coefficient (Wildman–Crippen LogP) is 2.72. The number of nitrogens with two attached hydrogens (primary N) is 1. The molecule has 2 heterocycles. The highest BCUT2D eigenvalue weighted by Gasteiger charge is 2.19. The lowest BCUT2D eigenvalue weighted by Crippen LogP contribution is -2.25. The molecule has 0 bridgehead atoms. The van der Waals surface area contributed by atoms with Crippen LogP contribution in [-0.4, -0.2) is 22.6 Å². The van der Waals surface area contributed by atoms with Crippen LogP contribution >= 0.6 is 11.3 Å². The average molecular weight is 328 g/mol. The lowest BCUT2D eigenvalue weighted by atomic mass is 10.1. The third kappa shape index (κ3) is 2.81. The Morgan fingerprint density at radius 2 is 2.13 bits per heavy atom. The summed E-state index contributed by atoms with van der Waals surface area (Å²) in [6.07, 6.45) is 2.81. The maximum absolute atomic E-state index is 12.8. The average Bonchev–Trinajstić information content (AvgIpc) is 2.88.